The maximum Gasteiger partial charge on any atom is 0.256 e. The van der Waals surface area contributed by atoms with Gasteiger partial charge in [0.1, 0.15) is 0 Å². The number of piperidine rings is 1. The van der Waals surface area contributed by atoms with Crippen LogP contribution in [0.2, 0.25) is 0 Å². The second kappa shape index (κ2) is 9.33. The summed E-state index contributed by atoms with van der Waals surface area (Å²) in [6.45, 7) is 1.89. The highest BCUT2D eigenvalue weighted by molar-refractivity contribution is 6.07. The minimum atomic E-state index is -0.0753. The molecule has 1 fully saturated rings. The summed E-state index contributed by atoms with van der Waals surface area (Å²) < 4.78 is 2.15. The molecule has 0 spiro atoms. The fraction of sp³-hybridized carbons (Fsp3) is 0.214. The summed E-state index contributed by atoms with van der Waals surface area (Å²) in [4.78, 5) is 28.0. The molecule has 0 aliphatic carbocycles. The molecule has 0 saturated carbocycles. The van der Waals surface area contributed by atoms with Gasteiger partial charge in [-0.2, -0.15) is 0 Å². The Balaban J connectivity index is 1.29. The highest BCUT2D eigenvalue weighted by Gasteiger charge is 2.29. The van der Waals surface area contributed by atoms with Gasteiger partial charge < -0.3 is 14.8 Å². The van der Waals surface area contributed by atoms with Gasteiger partial charge in [0.2, 0.25) is 5.91 Å². The van der Waals surface area contributed by atoms with Gasteiger partial charge in [-0.3, -0.25) is 9.59 Å². The standard InChI is InChI=1S/C28H27N3O2/c32-27(29-23-11-5-2-6-12-23)22-15-17-30(18-16-22)28(33)25-20-31(19-21-9-3-1-4-10-21)26-14-8-7-13-24(25)26/h1-14,20,22H,15-19H2,(H,29,32). The first-order valence-corrected chi connectivity index (χ1v) is 11.5. The Hall–Kier alpha value is -3.86. The summed E-state index contributed by atoms with van der Waals surface area (Å²) in [6, 6.07) is 27.9. The number of benzene rings is 3. The predicted molar refractivity (Wildman–Crippen MR) is 131 cm³/mol. The normalized spacial score (nSPS) is 14.4. The van der Waals surface area contributed by atoms with Gasteiger partial charge >= 0.3 is 0 Å². The molecule has 5 heteroatoms. The van der Waals surface area contributed by atoms with Crippen LogP contribution in [0.15, 0.2) is 91.1 Å². The van der Waals surface area contributed by atoms with Crippen molar-refractivity contribution in [1.82, 2.24) is 9.47 Å². The molecule has 0 atom stereocenters. The third-order valence-electron chi connectivity index (χ3n) is 6.41. The molecule has 1 aromatic heterocycles. The molecule has 1 saturated heterocycles. The van der Waals surface area contributed by atoms with Gasteiger partial charge in [-0.1, -0.05) is 66.7 Å². The minimum absolute atomic E-state index is 0.0350. The topological polar surface area (TPSA) is 54.3 Å². The van der Waals surface area contributed by atoms with Crippen molar-refractivity contribution in [2.45, 2.75) is 19.4 Å². The highest BCUT2D eigenvalue weighted by atomic mass is 16.2. The van der Waals surface area contributed by atoms with E-state index in [2.05, 4.69) is 28.1 Å². The molecule has 166 valence electrons. The number of hydrogen-bond acceptors (Lipinski definition) is 2. The van der Waals surface area contributed by atoms with Crippen molar-refractivity contribution in [1.29, 1.82) is 0 Å². The number of para-hydroxylation sites is 2. The molecule has 1 aliphatic rings. The molecule has 4 aromatic rings. The zero-order valence-electron chi connectivity index (χ0n) is 18.5. The van der Waals surface area contributed by atoms with Crippen molar-refractivity contribution >= 4 is 28.4 Å². The molecule has 3 aromatic carbocycles. The van der Waals surface area contributed by atoms with E-state index in [-0.39, 0.29) is 17.7 Å². The lowest BCUT2D eigenvalue weighted by molar-refractivity contribution is -0.121. The first-order valence-electron chi connectivity index (χ1n) is 11.5. The largest absolute Gasteiger partial charge is 0.342 e. The lowest BCUT2D eigenvalue weighted by Gasteiger charge is -2.31. The average molecular weight is 438 g/mol. The Morgan fingerprint density at radius 3 is 2.18 bits per heavy atom. The van der Waals surface area contributed by atoms with E-state index in [1.54, 1.807) is 0 Å². The van der Waals surface area contributed by atoms with Crippen molar-refractivity contribution in [3.8, 4) is 0 Å². The molecule has 0 unspecified atom stereocenters. The van der Waals surface area contributed by atoms with E-state index in [1.165, 1.54) is 5.56 Å². The van der Waals surface area contributed by atoms with Gasteiger partial charge in [-0.15, -0.1) is 0 Å². The number of fused-ring (bicyclic) bond motifs is 1. The molecule has 0 bridgehead atoms. The Kier molecular flexibility index (Phi) is 5.94. The number of nitrogens with one attached hydrogen (secondary N) is 1. The van der Waals surface area contributed by atoms with E-state index in [1.807, 2.05) is 77.8 Å². The van der Waals surface area contributed by atoms with Crippen LogP contribution >= 0.6 is 0 Å². The number of nitrogens with zero attached hydrogens (tertiary/aromatic N) is 2. The van der Waals surface area contributed by atoms with Crippen LogP contribution in [0.4, 0.5) is 5.69 Å². The van der Waals surface area contributed by atoms with Crippen molar-refractivity contribution in [3.05, 3.63) is 102 Å². The number of rotatable bonds is 5. The highest BCUT2D eigenvalue weighted by Crippen LogP contribution is 2.26. The number of carbonyl (C=O) groups is 2. The summed E-state index contributed by atoms with van der Waals surface area (Å²) in [5.74, 6) is 0.00127. The Bertz CT molecular complexity index is 1260. The minimum Gasteiger partial charge on any atom is -0.342 e. The van der Waals surface area contributed by atoms with Crippen LogP contribution in [0.25, 0.3) is 10.9 Å². The van der Waals surface area contributed by atoms with Crippen LogP contribution < -0.4 is 5.32 Å². The van der Waals surface area contributed by atoms with Gasteiger partial charge in [-0.25, -0.2) is 0 Å². The average Bonchev–Trinajstić information content (AvgIpc) is 3.23. The van der Waals surface area contributed by atoms with E-state index in [0.29, 0.717) is 25.9 Å². The van der Waals surface area contributed by atoms with Crippen molar-refractivity contribution in [2.24, 2.45) is 5.92 Å². The first kappa shape index (κ1) is 21.0. The molecular formula is C28H27N3O2. The lowest BCUT2D eigenvalue weighted by Crippen LogP contribution is -2.41. The molecule has 0 radical (unpaired) electrons. The fourth-order valence-electron chi connectivity index (χ4n) is 4.61. The zero-order valence-corrected chi connectivity index (χ0v) is 18.5. The van der Waals surface area contributed by atoms with Crippen LogP contribution in [0, 0.1) is 5.92 Å². The van der Waals surface area contributed by atoms with E-state index >= 15 is 0 Å². The van der Waals surface area contributed by atoms with Crippen molar-refractivity contribution < 1.29 is 9.59 Å². The monoisotopic (exact) mass is 437 g/mol. The van der Waals surface area contributed by atoms with Crippen molar-refractivity contribution in [2.75, 3.05) is 18.4 Å². The molecule has 2 amide bonds. The fourth-order valence-corrected chi connectivity index (χ4v) is 4.61. The quantitative estimate of drug-likeness (QED) is 0.468. The Labute approximate surface area is 193 Å². The summed E-state index contributed by atoms with van der Waals surface area (Å²) >= 11 is 0. The van der Waals surface area contributed by atoms with Crippen LogP contribution in [-0.2, 0) is 11.3 Å². The molecule has 5 nitrogen and oxygen atoms in total. The van der Waals surface area contributed by atoms with Crippen LogP contribution in [0.1, 0.15) is 28.8 Å². The molecule has 2 heterocycles. The van der Waals surface area contributed by atoms with Gasteiger partial charge in [0.25, 0.3) is 5.91 Å². The number of hydrogen-bond donors (Lipinski definition) is 1. The maximum absolute atomic E-state index is 13.5. The third kappa shape index (κ3) is 4.53. The molecule has 1 aliphatic heterocycles. The van der Waals surface area contributed by atoms with Crippen LogP contribution in [-0.4, -0.2) is 34.4 Å². The zero-order chi connectivity index (χ0) is 22.6. The predicted octanol–water partition coefficient (Wildman–Crippen LogP) is 5.18. The second-order valence-corrected chi connectivity index (χ2v) is 8.60. The Morgan fingerprint density at radius 1 is 0.818 bits per heavy atom. The number of amides is 2. The summed E-state index contributed by atoms with van der Waals surface area (Å²) in [5.41, 5.74) is 3.80. The number of likely N-dealkylation sites (tertiary alicyclic amines) is 1. The van der Waals surface area contributed by atoms with Crippen molar-refractivity contribution in [3.63, 3.8) is 0 Å². The van der Waals surface area contributed by atoms with E-state index in [4.69, 9.17) is 0 Å². The summed E-state index contributed by atoms with van der Waals surface area (Å²) in [5, 5.41) is 3.97. The molecule has 33 heavy (non-hydrogen) atoms. The number of anilines is 1. The maximum atomic E-state index is 13.5. The van der Waals surface area contributed by atoms with Crippen LogP contribution in [0.3, 0.4) is 0 Å². The van der Waals surface area contributed by atoms with Gasteiger partial charge in [-0.05, 0) is 36.6 Å². The Morgan fingerprint density at radius 2 is 1.45 bits per heavy atom. The first-order chi connectivity index (χ1) is 16.2. The summed E-state index contributed by atoms with van der Waals surface area (Å²) in [6.07, 6.45) is 3.33. The van der Waals surface area contributed by atoms with Gasteiger partial charge in [0, 0.05) is 48.3 Å². The van der Waals surface area contributed by atoms with E-state index < -0.39 is 0 Å². The molecular weight excluding hydrogens is 410 g/mol. The molecule has 1 N–H and O–H groups in total. The van der Waals surface area contributed by atoms with Gasteiger partial charge in [0.05, 0.1) is 5.56 Å². The molecule has 5 rings (SSSR count). The van der Waals surface area contributed by atoms with E-state index in [0.717, 1.165) is 28.7 Å². The van der Waals surface area contributed by atoms with Gasteiger partial charge in [0.15, 0.2) is 0 Å². The summed E-state index contributed by atoms with van der Waals surface area (Å²) in [7, 11) is 0. The SMILES string of the molecule is O=C(Nc1ccccc1)C1CCN(C(=O)c2cn(Cc3ccccc3)c3ccccc23)CC1. The smallest absolute Gasteiger partial charge is 0.256 e. The third-order valence-corrected chi connectivity index (χ3v) is 6.41. The number of carbonyl (C=O) groups excluding carboxylic acids is 2. The second-order valence-electron chi connectivity index (χ2n) is 8.60. The van der Waals surface area contributed by atoms with E-state index in [9.17, 15) is 9.59 Å². The lowest BCUT2D eigenvalue weighted by atomic mass is 9.95. The number of aromatic nitrogens is 1. The van der Waals surface area contributed by atoms with Crippen LogP contribution in [0.5, 0.6) is 0 Å².